The smallest absolute Gasteiger partial charge is 0.179 e. The maximum Gasteiger partial charge on any atom is 0.179 e. The molecule has 4 nitrogen and oxygen atoms in total. The molecule has 0 spiro atoms. The van der Waals surface area contributed by atoms with Crippen molar-refractivity contribution < 1.29 is 0 Å². The fourth-order valence-corrected chi connectivity index (χ4v) is 1.42. The molecule has 0 aliphatic heterocycles. The Hall–Kier alpha value is -1.68. The van der Waals surface area contributed by atoms with Crippen LogP contribution in [0.25, 0.3) is 16.7 Å². The van der Waals surface area contributed by atoms with E-state index in [0.29, 0.717) is 0 Å². The zero-order valence-corrected chi connectivity index (χ0v) is 7.98. The number of nitrogens with zero attached hydrogens (tertiary/aromatic N) is 4. The molecule has 0 unspecified atom stereocenters. The molecule has 0 bridgehead atoms. The minimum atomic E-state index is 0. The van der Waals surface area contributed by atoms with Crippen LogP contribution in [0.5, 0.6) is 0 Å². The summed E-state index contributed by atoms with van der Waals surface area (Å²) in [7, 11) is 0. The van der Waals surface area contributed by atoms with Crippen LogP contribution in [0.2, 0.25) is 0 Å². The molecule has 3 rings (SSSR count). The van der Waals surface area contributed by atoms with Crippen LogP contribution in [-0.4, -0.2) is 19.6 Å². The number of rotatable bonds is 0. The van der Waals surface area contributed by atoms with Crippen molar-refractivity contribution in [1.29, 1.82) is 0 Å². The molecule has 2 heterocycles. The molecule has 0 atom stereocenters. The summed E-state index contributed by atoms with van der Waals surface area (Å²) >= 11 is 0. The van der Waals surface area contributed by atoms with Gasteiger partial charge < -0.3 is 0 Å². The number of benzene rings is 1. The summed E-state index contributed by atoms with van der Waals surface area (Å²) in [6.45, 7) is 0. The summed E-state index contributed by atoms with van der Waals surface area (Å²) < 4.78 is 1.92. The fourth-order valence-electron chi connectivity index (χ4n) is 1.42. The van der Waals surface area contributed by atoms with Gasteiger partial charge in [-0.2, -0.15) is 0 Å². The Kier molecular flexibility index (Phi) is 2.05. The highest BCUT2D eigenvalue weighted by molar-refractivity contribution is 5.85. The molecule has 0 amide bonds. The quantitative estimate of drug-likeness (QED) is 0.562. The first-order valence-electron chi connectivity index (χ1n) is 3.99. The number of para-hydroxylation sites is 2. The normalized spacial score (nSPS) is 10.3. The maximum atomic E-state index is 4.26. The molecule has 3 aromatic rings. The first kappa shape index (κ1) is 8.90. The second kappa shape index (κ2) is 3.23. The van der Waals surface area contributed by atoms with Gasteiger partial charge in [-0.1, -0.05) is 12.1 Å². The van der Waals surface area contributed by atoms with E-state index in [1.54, 1.807) is 12.5 Å². The van der Waals surface area contributed by atoms with Gasteiger partial charge in [-0.05, 0) is 12.1 Å². The average Bonchev–Trinajstić information content (AvgIpc) is 2.65. The molecule has 0 saturated carbocycles. The molecular formula is C9H7ClN4. The van der Waals surface area contributed by atoms with Crippen LogP contribution in [-0.2, 0) is 0 Å². The molecule has 5 heteroatoms. The van der Waals surface area contributed by atoms with E-state index in [1.165, 1.54) is 0 Å². The maximum absolute atomic E-state index is 4.26. The Morgan fingerprint density at radius 1 is 1.14 bits per heavy atom. The summed E-state index contributed by atoms with van der Waals surface area (Å²) in [5.41, 5.74) is 2.76. The number of halogens is 1. The van der Waals surface area contributed by atoms with Crippen LogP contribution in [0.1, 0.15) is 0 Å². The van der Waals surface area contributed by atoms with Crippen molar-refractivity contribution in [2.45, 2.75) is 0 Å². The molecule has 1 aromatic carbocycles. The molecule has 2 aromatic heterocycles. The lowest BCUT2D eigenvalue weighted by Gasteiger charge is -1.97. The Morgan fingerprint density at radius 2 is 2.00 bits per heavy atom. The highest BCUT2D eigenvalue weighted by atomic mass is 35.5. The lowest BCUT2D eigenvalue weighted by Crippen LogP contribution is -1.88. The summed E-state index contributed by atoms with van der Waals surface area (Å²) in [6.07, 6.45) is 3.41. The highest BCUT2D eigenvalue weighted by Gasteiger charge is 1.99. The van der Waals surface area contributed by atoms with Crippen LogP contribution in [0, 0.1) is 0 Å². The van der Waals surface area contributed by atoms with E-state index in [0.717, 1.165) is 16.7 Å². The van der Waals surface area contributed by atoms with E-state index in [9.17, 15) is 0 Å². The van der Waals surface area contributed by atoms with Gasteiger partial charge in [0.25, 0.3) is 0 Å². The predicted molar refractivity (Wildman–Crippen MR) is 55.5 cm³/mol. The van der Waals surface area contributed by atoms with E-state index < -0.39 is 0 Å². The van der Waals surface area contributed by atoms with E-state index in [-0.39, 0.29) is 12.4 Å². The highest BCUT2D eigenvalue weighted by Crippen LogP contribution is 2.11. The molecule has 70 valence electrons. The largest absolute Gasteiger partial charge is 0.279 e. The summed E-state index contributed by atoms with van der Waals surface area (Å²) in [6, 6.07) is 7.91. The van der Waals surface area contributed by atoms with Crippen molar-refractivity contribution >= 4 is 29.1 Å². The van der Waals surface area contributed by atoms with Gasteiger partial charge in [0, 0.05) is 0 Å². The molecule has 0 aliphatic carbocycles. The monoisotopic (exact) mass is 206 g/mol. The lowest BCUT2D eigenvalue weighted by molar-refractivity contribution is 1.11. The number of hydrogen-bond donors (Lipinski definition) is 0. The van der Waals surface area contributed by atoms with Gasteiger partial charge in [-0.3, -0.25) is 9.38 Å². The zero-order valence-electron chi connectivity index (χ0n) is 7.16. The van der Waals surface area contributed by atoms with Crippen molar-refractivity contribution in [3.05, 3.63) is 36.8 Å². The summed E-state index contributed by atoms with van der Waals surface area (Å²) in [4.78, 5) is 4.26. The van der Waals surface area contributed by atoms with Gasteiger partial charge >= 0.3 is 0 Å². The third-order valence-electron chi connectivity index (χ3n) is 2.03. The molecule has 14 heavy (non-hydrogen) atoms. The van der Waals surface area contributed by atoms with Crippen molar-refractivity contribution in [2.75, 3.05) is 0 Å². The molecule has 0 saturated heterocycles. The molecule has 0 N–H and O–H groups in total. The Balaban J connectivity index is 0.000000750. The van der Waals surface area contributed by atoms with E-state index in [1.807, 2.05) is 28.7 Å². The Labute approximate surface area is 86.0 Å². The van der Waals surface area contributed by atoms with E-state index >= 15 is 0 Å². The molecule has 0 aliphatic rings. The molecule has 0 fully saturated rings. The van der Waals surface area contributed by atoms with E-state index in [2.05, 4.69) is 15.2 Å². The minimum Gasteiger partial charge on any atom is -0.279 e. The summed E-state index contributed by atoms with van der Waals surface area (Å²) in [5, 5.41) is 7.74. The standard InChI is InChI=1S/C9H6N4.ClH/c1-2-4-8-7(3-1)10-5-9-12-11-6-13(8)9;/h1-6H;1H. The van der Waals surface area contributed by atoms with Gasteiger partial charge in [-0.15, -0.1) is 22.6 Å². The van der Waals surface area contributed by atoms with Gasteiger partial charge in [-0.25, -0.2) is 0 Å². The third kappa shape index (κ3) is 1.12. The first-order valence-corrected chi connectivity index (χ1v) is 3.99. The van der Waals surface area contributed by atoms with Crippen LogP contribution < -0.4 is 0 Å². The predicted octanol–water partition coefficient (Wildman–Crippen LogP) is 1.70. The van der Waals surface area contributed by atoms with Crippen molar-refractivity contribution in [2.24, 2.45) is 0 Å². The molecule has 0 radical (unpaired) electrons. The Bertz CT molecular complexity index is 575. The fraction of sp³-hybridized carbons (Fsp3) is 0. The van der Waals surface area contributed by atoms with Gasteiger partial charge in [0.05, 0.1) is 17.2 Å². The first-order chi connectivity index (χ1) is 6.45. The van der Waals surface area contributed by atoms with Crippen molar-refractivity contribution in [1.82, 2.24) is 19.6 Å². The number of fused-ring (bicyclic) bond motifs is 3. The third-order valence-corrected chi connectivity index (χ3v) is 2.03. The van der Waals surface area contributed by atoms with Gasteiger partial charge in [0.2, 0.25) is 0 Å². The topological polar surface area (TPSA) is 43.1 Å². The summed E-state index contributed by atoms with van der Waals surface area (Å²) in [5.74, 6) is 0. The number of hydrogen-bond acceptors (Lipinski definition) is 3. The second-order valence-corrected chi connectivity index (χ2v) is 2.81. The van der Waals surface area contributed by atoms with Crippen LogP contribution in [0.3, 0.4) is 0 Å². The van der Waals surface area contributed by atoms with Gasteiger partial charge in [0.1, 0.15) is 6.33 Å². The SMILES string of the molecule is Cl.c1ccc2c(c1)ncc1nncn12. The average molecular weight is 207 g/mol. The van der Waals surface area contributed by atoms with Crippen LogP contribution >= 0.6 is 12.4 Å². The second-order valence-electron chi connectivity index (χ2n) is 2.81. The van der Waals surface area contributed by atoms with Gasteiger partial charge in [0.15, 0.2) is 5.65 Å². The minimum absolute atomic E-state index is 0. The van der Waals surface area contributed by atoms with Crippen LogP contribution in [0.15, 0.2) is 36.8 Å². The van der Waals surface area contributed by atoms with Crippen LogP contribution in [0.4, 0.5) is 0 Å². The van der Waals surface area contributed by atoms with Crippen molar-refractivity contribution in [3.63, 3.8) is 0 Å². The van der Waals surface area contributed by atoms with Crippen molar-refractivity contribution in [3.8, 4) is 0 Å². The van der Waals surface area contributed by atoms with E-state index in [4.69, 9.17) is 0 Å². The lowest BCUT2D eigenvalue weighted by atomic mass is 10.3. The number of aromatic nitrogens is 4. The molecular weight excluding hydrogens is 200 g/mol. The zero-order chi connectivity index (χ0) is 8.67. The Morgan fingerprint density at radius 3 is 2.93 bits per heavy atom.